The highest BCUT2D eigenvalue weighted by atomic mass is 16.5. The number of rotatable bonds is 10. The summed E-state index contributed by atoms with van der Waals surface area (Å²) < 4.78 is 18.3. The number of aromatic nitrogens is 4. The first kappa shape index (κ1) is 26.1. The maximum atomic E-state index is 12.1. The van der Waals surface area contributed by atoms with Crippen LogP contribution < -0.4 is 19.5 Å². The lowest BCUT2D eigenvalue weighted by Gasteiger charge is -2.35. The summed E-state index contributed by atoms with van der Waals surface area (Å²) in [7, 11) is 4.88. The van der Waals surface area contributed by atoms with Crippen LogP contribution in [0.15, 0.2) is 36.4 Å². The Balaban J connectivity index is 1.37. The van der Waals surface area contributed by atoms with E-state index in [1.165, 1.54) is 0 Å². The third-order valence-electron chi connectivity index (χ3n) is 7.97. The molecule has 2 aliphatic rings. The van der Waals surface area contributed by atoms with Crippen LogP contribution in [0.5, 0.6) is 17.2 Å². The van der Waals surface area contributed by atoms with E-state index < -0.39 is 12.0 Å². The van der Waals surface area contributed by atoms with E-state index in [1.807, 2.05) is 36.4 Å². The fourth-order valence-corrected chi connectivity index (χ4v) is 5.78. The standard InChI is InChI=1S/C29H34N6O5/c1-38-20-12-11-18(23(14-20)40-3)15-30-29-31-24-21(7-4-8-22(24)39-2)27-32-26(33-35(27)29)19-6-5-13-34(16-19)25(28(36)37)17-9-10-17/h4,7-8,11-12,14,17,19,25H,5-6,9-10,13,15-16H2,1-3H3,(H,30,31)(H,36,37)/t19-,25+/m1/s1. The summed E-state index contributed by atoms with van der Waals surface area (Å²) in [6.45, 7) is 1.85. The number of piperidine rings is 1. The van der Waals surface area contributed by atoms with E-state index in [2.05, 4.69) is 10.2 Å². The van der Waals surface area contributed by atoms with E-state index in [1.54, 1.807) is 25.8 Å². The zero-order valence-corrected chi connectivity index (χ0v) is 23.0. The number of para-hydroxylation sites is 1. The monoisotopic (exact) mass is 546 g/mol. The fraction of sp³-hybridized carbons (Fsp3) is 0.448. The molecule has 4 aromatic rings. The molecule has 210 valence electrons. The van der Waals surface area contributed by atoms with E-state index in [4.69, 9.17) is 29.3 Å². The van der Waals surface area contributed by atoms with Gasteiger partial charge < -0.3 is 24.6 Å². The molecule has 6 rings (SSSR count). The second-order valence-electron chi connectivity index (χ2n) is 10.5. The highest BCUT2D eigenvalue weighted by molar-refractivity contribution is 5.96. The zero-order chi connectivity index (χ0) is 27.8. The molecule has 11 nitrogen and oxygen atoms in total. The number of fused-ring (bicyclic) bond motifs is 3. The van der Waals surface area contributed by atoms with Crippen molar-refractivity contribution in [1.82, 2.24) is 24.5 Å². The number of likely N-dealkylation sites (tertiary alicyclic amines) is 1. The van der Waals surface area contributed by atoms with Gasteiger partial charge in [0.25, 0.3) is 0 Å². The summed E-state index contributed by atoms with van der Waals surface area (Å²) in [5.41, 5.74) is 2.30. The number of carboxylic acids is 1. The Kier molecular flexibility index (Phi) is 7.05. The lowest BCUT2D eigenvalue weighted by molar-refractivity contribution is -0.144. The Morgan fingerprint density at radius 3 is 2.62 bits per heavy atom. The summed E-state index contributed by atoms with van der Waals surface area (Å²) in [6.07, 6.45) is 3.79. The Bertz CT molecular complexity index is 1550. The summed E-state index contributed by atoms with van der Waals surface area (Å²) in [5.74, 6) is 2.84. The summed E-state index contributed by atoms with van der Waals surface area (Å²) in [5, 5.41) is 19.1. The third kappa shape index (κ3) is 4.85. The molecule has 2 N–H and O–H groups in total. The van der Waals surface area contributed by atoms with Crippen molar-refractivity contribution in [2.45, 2.75) is 44.2 Å². The van der Waals surface area contributed by atoms with Gasteiger partial charge in [0.05, 0.1) is 21.3 Å². The molecule has 0 unspecified atom stereocenters. The lowest BCUT2D eigenvalue weighted by Crippen LogP contribution is -2.47. The van der Waals surface area contributed by atoms with E-state index in [0.717, 1.165) is 43.2 Å². The molecule has 2 atom stereocenters. The summed E-state index contributed by atoms with van der Waals surface area (Å²) in [6, 6.07) is 11.0. The van der Waals surface area contributed by atoms with Crippen molar-refractivity contribution >= 4 is 28.5 Å². The number of nitrogens with one attached hydrogen (secondary N) is 1. The van der Waals surface area contributed by atoms with Crippen molar-refractivity contribution in [2.75, 3.05) is 39.7 Å². The molecular weight excluding hydrogens is 512 g/mol. The van der Waals surface area contributed by atoms with E-state index in [-0.39, 0.29) is 11.8 Å². The Labute approximate surface area is 232 Å². The first-order valence-corrected chi connectivity index (χ1v) is 13.7. The van der Waals surface area contributed by atoms with Crippen molar-refractivity contribution < 1.29 is 24.1 Å². The molecule has 0 spiro atoms. The van der Waals surface area contributed by atoms with Gasteiger partial charge >= 0.3 is 5.97 Å². The molecule has 11 heteroatoms. The summed E-state index contributed by atoms with van der Waals surface area (Å²) in [4.78, 5) is 24.1. The number of carboxylic acid groups (broad SMARTS) is 1. The van der Waals surface area contributed by atoms with E-state index in [0.29, 0.717) is 53.3 Å². The van der Waals surface area contributed by atoms with Crippen molar-refractivity contribution in [2.24, 2.45) is 5.92 Å². The molecular formula is C29H34N6O5. The maximum Gasteiger partial charge on any atom is 0.321 e. The van der Waals surface area contributed by atoms with Gasteiger partial charge in [0.2, 0.25) is 5.95 Å². The van der Waals surface area contributed by atoms with Gasteiger partial charge in [-0.2, -0.15) is 4.52 Å². The molecule has 2 fully saturated rings. The van der Waals surface area contributed by atoms with Crippen LogP contribution in [0.3, 0.4) is 0 Å². The topological polar surface area (TPSA) is 123 Å². The van der Waals surface area contributed by atoms with E-state index >= 15 is 0 Å². The molecule has 40 heavy (non-hydrogen) atoms. The van der Waals surface area contributed by atoms with Gasteiger partial charge in [0.15, 0.2) is 11.5 Å². The van der Waals surface area contributed by atoms with Crippen molar-refractivity contribution in [3.8, 4) is 17.2 Å². The molecule has 0 bridgehead atoms. The SMILES string of the molecule is COc1ccc(CNc2nc3c(OC)cccc3c3nc([C@@H]4CCCN([C@H](C(=O)O)C5CC5)C4)nn23)c(OC)c1. The predicted molar refractivity (Wildman–Crippen MR) is 149 cm³/mol. The quantitative estimate of drug-likeness (QED) is 0.302. The van der Waals surface area contributed by atoms with Crippen LogP contribution in [0.2, 0.25) is 0 Å². The van der Waals surface area contributed by atoms with Gasteiger partial charge in [0, 0.05) is 36.0 Å². The maximum absolute atomic E-state index is 12.1. The van der Waals surface area contributed by atoms with Crippen LogP contribution in [0.1, 0.15) is 43.0 Å². The molecule has 1 aliphatic heterocycles. The molecule has 1 aliphatic carbocycles. The van der Waals surface area contributed by atoms with Crippen LogP contribution in [-0.4, -0.2) is 76.0 Å². The van der Waals surface area contributed by atoms with Gasteiger partial charge in [-0.3, -0.25) is 9.69 Å². The minimum atomic E-state index is -0.728. The van der Waals surface area contributed by atoms with Gasteiger partial charge in [-0.25, -0.2) is 9.97 Å². The molecule has 1 saturated carbocycles. The molecule has 0 radical (unpaired) electrons. The van der Waals surface area contributed by atoms with Crippen molar-refractivity contribution in [3.63, 3.8) is 0 Å². The number of nitrogens with zero attached hydrogens (tertiary/aromatic N) is 5. The van der Waals surface area contributed by atoms with E-state index in [9.17, 15) is 9.90 Å². The first-order chi connectivity index (χ1) is 19.5. The van der Waals surface area contributed by atoms with Gasteiger partial charge in [0.1, 0.15) is 28.8 Å². The Hall–Kier alpha value is -4.12. The number of methoxy groups -OCH3 is 3. The normalized spacial score (nSPS) is 18.5. The number of hydrogen-bond donors (Lipinski definition) is 2. The van der Waals surface area contributed by atoms with Crippen LogP contribution >= 0.6 is 0 Å². The third-order valence-corrected chi connectivity index (χ3v) is 7.97. The minimum Gasteiger partial charge on any atom is -0.497 e. The van der Waals surface area contributed by atoms with Crippen molar-refractivity contribution in [3.05, 3.63) is 47.8 Å². The second-order valence-corrected chi connectivity index (χ2v) is 10.5. The van der Waals surface area contributed by atoms with Crippen molar-refractivity contribution in [1.29, 1.82) is 0 Å². The number of benzene rings is 2. The largest absolute Gasteiger partial charge is 0.497 e. The van der Waals surface area contributed by atoms with Crippen LogP contribution in [0, 0.1) is 5.92 Å². The Morgan fingerprint density at radius 1 is 1.07 bits per heavy atom. The van der Waals surface area contributed by atoms with Crippen LogP contribution in [0.4, 0.5) is 5.95 Å². The van der Waals surface area contributed by atoms with Crippen LogP contribution in [0.25, 0.3) is 16.6 Å². The fourth-order valence-electron chi connectivity index (χ4n) is 5.78. The molecule has 0 amide bonds. The second kappa shape index (κ2) is 10.8. The van der Waals surface area contributed by atoms with Crippen LogP contribution in [-0.2, 0) is 11.3 Å². The molecule has 1 saturated heterocycles. The minimum absolute atomic E-state index is 0.0319. The number of hydrogen-bond acceptors (Lipinski definition) is 9. The predicted octanol–water partition coefficient (Wildman–Crippen LogP) is 3.96. The lowest BCUT2D eigenvalue weighted by atomic mass is 9.95. The van der Waals surface area contributed by atoms with Gasteiger partial charge in [-0.15, -0.1) is 5.10 Å². The highest BCUT2D eigenvalue weighted by Gasteiger charge is 2.42. The highest BCUT2D eigenvalue weighted by Crippen LogP contribution is 2.38. The number of ether oxygens (including phenoxy) is 3. The van der Waals surface area contributed by atoms with Gasteiger partial charge in [-0.05, 0) is 62.4 Å². The Morgan fingerprint density at radius 2 is 1.90 bits per heavy atom. The number of carbonyl (C=O) groups is 1. The average molecular weight is 547 g/mol. The number of anilines is 1. The molecule has 2 aromatic heterocycles. The average Bonchev–Trinajstić information content (AvgIpc) is 3.70. The molecule has 3 heterocycles. The zero-order valence-electron chi connectivity index (χ0n) is 23.0. The van der Waals surface area contributed by atoms with Gasteiger partial charge in [-0.1, -0.05) is 6.07 Å². The smallest absolute Gasteiger partial charge is 0.321 e. The first-order valence-electron chi connectivity index (χ1n) is 13.7. The summed E-state index contributed by atoms with van der Waals surface area (Å²) >= 11 is 0. The number of aliphatic carboxylic acids is 1. The molecule has 2 aromatic carbocycles.